The van der Waals surface area contributed by atoms with Crippen LogP contribution in [0.2, 0.25) is 0 Å². The zero-order chi connectivity index (χ0) is 35.3. The first kappa shape index (κ1) is 47.0. The molecule has 4 atom stereocenters. The second kappa shape index (κ2) is 37.3. The zero-order valence-corrected chi connectivity index (χ0v) is 32.0. The van der Waals surface area contributed by atoms with Gasteiger partial charge in [-0.05, 0) is 38.5 Å². The van der Waals surface area contributed by atoms with Crippen LogP contribution in [0.4, 0.5) is 0 Å². The summed E-state index contributed by atoms with van der Waals surface area (Å²) in [6.45, 7) is 4.03. The first-order valence-corrected chi connectivity index (χ1v) is 21.1. The maximum absolute atomic E-state index is 12.4. The van der Waals surface area contributed by atoms with Crippen LogP contribution in [0.25, 0.3) is 0 Å². The molecule has 1 amide bonds. The zero-order valence-electron chi connectivity index (χ0n) is 32.0. The molecule has 6 nitrogen and oxygen atoms in total. The van der Waals surface area contributed by atoms with Crippen molar-refractivity contribution >= 4 is 5.91 Å². The van der Waals surface area contributed by atoms with Gasteiger partial charge in [0, 0.05) is 0 Å². The number of nitrogens with one attached hydrogen (secondary N) is 1. The van der Waals surface area contributed by atoms with Gasteiger partial charge in [-0.2, -0.15) is 0 Å². The highest BCUT2D eigenvalue weighted by Gasteiger charge is 2.28. The van der Waals surface area contributed by atoms with Crippen molar-refractivity contribution in [2.24, 2.45) is 0 Å². The smallest absolute Gasteiger partial charge is 0.249 e. The van der Waals surface area contributed by atoms with Gasteiger partial charge in [0.1, 0.15) is 12.2 Å². The molecule has 4 unspecified atom stereocenters. The Bertz CT molecular complexity index is 687. The lowest BCUT2D eigenvalue weighted by molar-refractivity contribution is -0.132. The van der Waals surface area contributed by atoms with E-state index in [9.17, 15) is 25.2 Å². The predicted molar refractivity (Wildman–Crippen MR) is 205 cm³/mol. The van der Waals surface area contributed by atoms with Gasteiger partial charge in [0.25, 0.3) is 0 Å². The summed E-state index contributed by atoms with van der Waals surface area (Å²) in [4.78, 5) is 12.4. The van der Waals surface area contributed by atoms with E-state index < -0.39 is 36.9 Å². The molecule has 5 N–H and O–H groups in total. The second-order valence-corrected chi connectivity index (χ2v) is 14.7. The third-order valence-corrected chi connectivity index (χ3v) is 9.98. The van der Waals surface area contributed by atoms with Crippen LogP contribution in [0, 0.1) is 0 Å². The van der Waals surface area contributed by atoms with Crippen LogP contribution in [-0.2, 0) is 4.79 Å². The maximum atomic E-state index is 12.4. The predicted octanol–water partition coefficient (Wildman–Crippen LogP) is 10.6. The average molecular weight is 682 g/mol. The first-order chi connectivity index (χ1) is 23.5. The van der Waals surface area contributed by atoms with Crippen LogP contribution in [0.5, 0.6) is 0 Å². The molecule has 0 radical (unpaired) electrons. The molecule has 0 aliphatic heterocycles. The van der Waals surface area contributed by atoms with E-state index in [1.807, 2.05) is 0 Å². The van der Waals surface area contributed by atoms with Crippen molar-refractivity contribution in [2.45, 2.75) is 244 Å². The van der Waals surface area contributed by atoms with Crippen LogP contribution in [0.15, 0.2) is 12.2 Å². The molecule has 0 aromatic heterocycles. The Kier molecular flexibility index (Phi) is 36.6. The minimum Gasteiger partial charge on any atom is -0.394 e. The van der Waals surface area contributed by atoms with Crippen molar-refractivity contribution < 1.29 is 25.2 Å². The lowest BCUT2D eigenvalue weighted by Gasteiger charge is -2.27. The molecule has 48 heavy (non-hydrogen) atoms. The van der Waals surface area contributed by atoms with E-state index in [0.29, 0.717) is 12.8 Å². The van der Waals surface area contributed by atoms with Gasteiger partial charge in [0.05, 0.1) is 18.8 Å². The lowest BCUT2D eigenvalue weighted by atomic mass is 10.00. The molecule has 0 saturated heterocycles. The van der Waals surface area contributed by atoms with Crippen molar-refractivity contribution in [3.63, 3.8) is 0 Å². The van der Waals surface area contributed by atoms with Crippen LogP contribution in [0.3, 0.4) is 0 Å². The Hall–Kier alpha value is -0.950. The molecule has 0 heterocycles. The van der Waals surface area contributed by atoms with Crippen molar-refractivity contribution in [1.82, 2.24) is 5.32 Å². The van der Waals surface area contributed by atoms with E-state index in [2.05, 4.69) is 31.3 Å². The number of carbonyl (C=O) groups excluding carboxylic acids is 1. The lowest BCUT2D eigenvalue weighted by Crippen LogP contribution is -2.53. The maximum Gasteiger partial charge on any atom is 0.249 e. The Morgan fingerprint density at radius 1 is 0.500 bits per heavy atom. The van der Waals surface area contributed by atoms with Crippen LogP contribution >= 0.6 is 0 Å². The van der Waals surface area contributed by atoms with Crippen LogP contribution < -0.4 is 5.32 Å². The fraction of sp³-hybridized carbons (Fsp3) is 0.929. The van der Waals surface area contributed by atoms with Crippen LogP contribution in [0.1, 0.15) is 219 Å². The normalized spacial score (nSPS) is 14.4. The van der Waals surface area contributed by atoms with Gasteiger partial charge in [0.15, 0.2) is 0 Å². The fourth-order valence-electron chi connectivity index (χ4n) is 6.58. The second-order valence-electron chi connectivity index (χ2n) is 14.7. The molecule has 286 valence electrons. The Labute approximate surface area is 298 Å². The average Bonchev–Trinajstić information content (AvgIpc) is 3.09. The Balaban J connectivity index is 3.74. The number of aliphatic hydroxyl groups is 4. The first-order valence-electron chi connectivity index (χ1n) is 21.1. The topological polar surface area (TPSA) is 110 Å². The molecule has 0 saturated carbocycles. The van der Waals surface area contributed by atoms with Gasteiger partial charge in [0.2, 0.25) is 5.91 Å². The molecule has 0 aliphatic carbocycles. The molecule has 0 aromatic carbocycles. The van der Waals surface area contributed by atoms with Gasteiger partial charge in [-0.1, -0.05) is 193 Å². The number of unbranched alkanes of at least 4 members (excludes halogenated alkanes) is 27. The number of hydrogen-bond acceptors (Lipinski definition) is 5. The van der Waals surface area contributed by atoms with Gasteiger partial charge in [-0.3, -0.25) is 4.79 Å². The van der Waals surface area contributed by atoms with Gasteiger partial charge < -0.3 is 25.7 Å². The largest absolute Gasteiger partial charge is 0.394 e. The fourth-order valence-corrected chi connectivity index (χ4v) is 6.58. The minimum absolute atomic E-state index is 0.366. The van der Waals surface area contributed by atoms with Crippen molar-refractivity contribution in [2.75, 3.05) is 6.61 Å². The number of allylic oxidation sites excluding steroid dienone is 2. The summed E-state index contributed by atoms with van der Waals surface area (Å²) in [5, 5.41) is 43.5. The van der Waals surface area contributed by atoms with E-state index in [1.54, 1.807) is 0 Å². The molecule has 0 rings (SSSR count). The van der Waals surface area contributed by atoms with Gasteiger partial charge in [-0.15, -0.1) is 0 Å². The molecule has 0 aliphatic rings. The summed E-state index contributed by atoms with van der Waals surface area (Å²) in [7, 11) is 0. The van der Waals surface area contributed by atoms with E-state index >= 15 is 0 Å². The standard InChI is InChI=1S/C42H83NO5/c1-3-5-7-9-11-13-15-16-17-18-19-20-21-22-23-24-26-27-29-31-33-35-39(45)41(47)38(37-44)43-42(48)40(46)36-34-32-30-28-25-14-12-10-8-6-4-2/h27,29,38-41,44-47H,3-26,28,30-37H2,1-2H3,(H,43,48)/b29-27+. The molecule has 6 heteroatoms. The van der Waals surface area contributed by atoms with E-state index in [0.717, 1.165) is 38.5 Å². The van der Waals surface area contributed by atoms with Gasteiger partial charge in [-0.25, -0.2) is 0 Å². The van der Waals surface area contributed by atoms with Crippen LogP contribution in [-0.4, -0.2) is 57.3 Å². The molecular formula is C42H83NO5. The number of rotatable bonds is 38. The third kappa shape index (κ3) is 31.1. The van der Waals surface area contributed by atoms with Crippen molar-refractivity contribution in [3.05, 3.63) is 12.2 Å². The number of amides is 1. The van der Waals surface area contributed by atoms with E-state index in [1.165, 1.54) is 154 Å². The summed E-state index contributed by atoms with van der Waals surface area (Å²) >= 11 is 0. The molecule has 0 spiro atoms. The number of aliphatic hydroxyl groups excluding tert-OH is 4. The summed E-state index contributed by atoms with van der Waals surface area (Å²) in [6.07, 6.45) is 39.6. The number of hydrogen-bond donors (Lipinski definition) is 5. The molecule has 0 bridgehead atoms. The summed E-state index contributed by atoms with van der Waals surface area (Å²) in [6, 6.07) is -0.995. The molecule has 0 aromatic rings. The third-order valence-electron chi connectivity index (χ3n) is 9.98. The number of carbonyl (C=O) groups is 1. The molecule has 0 fully saturated rings. The minimum atomic E-state index is -1.28. The highest BCUT2D eigenvalue weighted by Crippen LogP contribution is 2.16. The molecular weight excluding hydrogens is 598 g/mol. The van der Waals surface area contributed by atoms with Gasteiger partial charge >= 0.3 is 0 Å². The monoisotopic (exact) mass is 682 g/mol. The Morgan fingerprint density at radius 3 is 1.25 bits per heavy atom. The van der Waals surface area contributed by atoms with E-state index in [4.69, 9.17) is 0 Å². The highest BCUT2D eigenvalue weighted by atomic mass is 16.3. The summed E-state index contributed by atoms with van der Waals surface area (Å²) < 4.78 is 0. The summed E-state index contributed by atoms with van der Waals surface area (Å²) in [5.41, 5.74) is 0. The van der Waals surface area contributed by atoms with E-state index in [-0.39, 0.29) is 0 Å². The quantitative estimate of drug-likeness (QED) is 0.0329. The Morgan fingerprint density at radius 2 is 0.854 bits per heavy atom. The SMILES string of the molecule is CCCCCCCCCCCCCCCCCC/C=C/CCCC(O)C(O)C(CO)NC(=O)C(O)CCCCCCCCCCCCC. The summed E-state index contributed by atoms with van der Waals surface area (Å²) in [5.74, 6) is -0.593. The van der Waals surface area contributed by atoms with Crippen molar-refractivity contribution in [1.29, 1.82) is 0 Å². The van der Waals surface area contributed by atoms with Crippen molar-refractivity contribution in [3.8, 4) is 0 Å². The highest BCUT2D eigenvalue weighted by molar-refractivity contribution is 5.80.